The van der Waals surface area contributed by atoms with Gasteiger partial charge in [-0.3, -0.25) is 4.79 Å². The van der Waals surface area contributed by atoms with Crippen LogP contribution in [0.1, 0.15) is 11.1 Å². The van der Waals surface area contributed by atoms with Gasteiger partial charge < -0.3 is 30.5 Å². The van der Waals surface area contributed by atoms with Crippen molar-refractivity contribution in [3.63, 3.8) is 0 Å². The molecule has 1 aromatic carbocycles. The average molecular weight is 427 g/mol. The number of aromatic nitrogens is 1. The van der Waals surface area contributed by atoms with Gasteiger partial charge in [0, 0.05) is 45.5 Å². The van der Waals surface area contributed by atoms with E-state index in [-0.39, 0.29) is 12.5 Å². The lowest BCUT2D eigenvalue weighted by Crippen LogP contribution is -2.44. The van der Waals surface area contributed by atoms with Crippen LogP contribution in [0.5, 0.6) is 5.75 Å². The van der Waals surface area contributed by atoms with Gasteiger partial charge in [0.15, 0.2) is 0 Å². The van der Waals surface area contributed by atoms with Gasteiger partial charge in [0.1, 0.15) is 11.6 Å². The highest BCUT2D eigenvalue weighted by atomic mass is 16.5. The first-order valence-electron chi connectivity index (χ1n) is 10.3. The van der Waals surface area contributed by atoms with E-state index in [1.807, 2.05) is 36.4 Å². The number of anilines is 1. The molecule has 0 radical (unpaired) electrons. The number of carbonyl (C=O) groups excluding carboxylic acids is 2. The molecule has 0 saturated carbocycles. The topological polar surface area (TPSA) is 98.8 Å². The number of hydrogen-bond donors (Lipinski definition) is 3. The summed E-state index contributed by atoms with van der Waals surface area (Å²) in [5, 5.41) is 8.13. The first kappa shape index (κ1) is 22.4. The van der Waals surface area contributed by atoms with Crippen molar-refractivity contribution in [3.8, 4) is 5.75 Å². The first-order valence-corrected chi connectivity index (χ1v) is 10.3. The summed E-state index contributed by atoms with van der Waals surface area (Å²) in [6.45, 7) is 4.55. The highest BCUT2D eigenvalue weighted by molar-refractivity contribution is 5.83. The van der Waals surface area contributed by atoms with Crippen LogP contribution in [0.25, 0.3) is 0 Å². The van der Waals surface area contributed by atoms with E-state index in [9.17, 15) is 9.59 Å². The maximum atomic E-state index is 12.0. The third kappa shape index (κ3) is 7.14. The predicted octanol–water partition coefficient (Wildman–Crippen LogP) is 0.958. The zero-order valence-corrected chi connectivity index (χ0v) is 18.1. The van der Waals surface area contributed by atoms with Crippen LogP contribution in [0.2, 0.25) is 0 Å². The van der Waals surface area contributed by atoms with Crippen LogP contribution in [0.3, 0.4) is 0 Å². The molecule has 3 N–H and O–H groups in total. The number of amides is 3. The standard InChI is InChI=1S/C22H30N6O3/c1-27-9-11-28(12-10-27)20-13-18(7-8-23-20)15-25-22(30)26-16-21(29)24-14-17-3-5-19(31-2)6-4-17/h3-8,13H,9-12,14-16H2,1-2H3,(H,24,29)(H2,25,26,30). The Labute approximate surface area is 182 Å². The lowest BCUT2D eigenvalue weighted by molar-refractivity contribution is -0.120. The van der Waals surface area contributed by atoms with Crippen molar-refractivity contribution >= 4 is 17.8 Å². The van der Waals surface area contributed by atoms with E-state index in [1.165, 1.54) is 0 Å². The maximum absolute atomic E-state index is 12.0. The molecule has 1 aromatic heterocycles. The van der Waals surface area contributed by atoms with Gasteiger partial charge >= 0.3 is 6.03 Å². The third-order valence-electron chi connectivity index (χ3n) is 5.15. The van der Waals surface area contributed by atoms with E-state index < -0.39 is 6.03 Å². The van der Waals surface area contributed by atoms with E-state index in [4.69, 9.17) is 4.74 Å². The van der Waals surface area contributed by atoms with E-state index in [1.54, 1.807) is 13.3 Å². The monoisotopic (exact) mass is 426 g/mol. The molecule has 0 spiro atoms. The molecule has 3 rings (SSSR count). The summed E-state index contributed by atoms with van der Waals surface area (Å²) in [6, 6.07) is 10.9. The Kier molecular flexibility index (Phi) is 8.05. The van der Waals surface area contributed by atoms with Crippen LogP contribution < -0.4 is 25.6 Å². The van der Waals surface area contributed by atoms with Crippen LogP contribution in [-0.4, -0.2) is 68.7 Å². The summed E-state index contributed by atoms with van der Waals surface area (Å²) in [4.78, 5) is 33.0. The Balaban J connectivity index is 1.37. The van der Waals surface area contributed by atoms with Gasteiger partial charge in [-0.15, -0.1) is 0 Å². The molecule has 9 heteroatoms. The number of likely N-dealkylation sites (N-methyl/N-ethyl adjacent to an activating group) is 1. The second-order valence-electron chi connectivity index (χ2n) is 7.47. The maximum Gasteiger partial charge on any atom is 0.315 e. The summed E-state index contributed by atoms with van der Waals surface area (Å²) in [5.41, 5.74) is 1.91. The zero-order valence-electron chi connectivity index (χ0n) is 18.1. The first-order chi connectivity index (χ1) is 15.0. The highest BCUT2D eigenvalue weighted by Gasteiger charge is 2.15. The Morgan fingerprint density at radius 3 is 2.39 bits per heavy atom. The Hall–Kier alpha value is -3.33. The molecule has 0 bridgehead atoms. The smallest absolute Gasteiger partial charge is 0.315 e. The Bertz CT molecular complexity index is 866. The highest BCUT2D eigenvalue weighted by Crippen LogP contribution is 2.14. The van der Waals surface area contributed by atoms with Crippen molar-refractivity contribution < 1.29 is 14.3 Å². The molecule has 3 amide bonds. The molecule has 1 saturated heterocycles. The van der Waals surface area contributed by atoms with Crippen LogP contribution in [-0.2, 0) is 17.9 Å². The van der Waals surface area contributed by atoms with Crippen LogP contribution in [0.15, 0.2) is 42.6 Å². The van der Waals surface area contributed by atoms with Crippen molar-refractivity contribution in [2.75, 3.05) is 51.8 Å². The summed E-state index contributed by atoms with van der Waals surface area (Å²) in [6.07, 6.45) is 1.76. The molecule has 0 unspecified atom stereocenters. The molecule has 2 heterocycles. The van der Waals surface area contributed by atoms with Crippen LogP contribution in [0.4, 0.5) is 10.6 Å². The second kappa shape index (κ2) is 11.2. The molecule has 9 nitrogen and oxygen atoms in total. The summed E-state index contributed by atoms with van der Waals surface area (Å²) >= 11 is 0. The molecule has 2 aromatic rings. The van der Waals surface area contributed by atoms with Gasteiger partial charge in [-0.1, -0.05) is 12.1 Å². The van der Waals surface area contributed by atoms with E-state index in [2.05, 4.69) is 37.8 Å². The fraction of sp³-hybridized carbons (Fsp3) is 0.409. The minimum Gasteiger partial charge on any atom is -0.497 e. The van der Waals surface area contributed by atoms with Crippen molar-refractivity contribution in [2.24, 2.45) is 0 Å². The summed E-state index contributed by atoms with van der Waals surface area (Å²) in [5.74, 6) is 1.43. The third-order valence-corrected chi connectivity index (χ3v) is 5.15. The molecule has 1 aliphatic heterocycles. The van der Waals surface area contributed by atoms with E-state index >= 15 is 0 Å². The van der Waals surface area contributed by atoms with Gasteiger partial charge in [-0.25, -0.2) is 9.78 Å². The van der Waals surface area contributed by atoms with E-state index in [0.717, 1.165) is 48.9 Å². The van der Waals surface area contributed by atoms with Crippen molar-refractivity contribution in [1.82, 2.24) is 25.8 Å². The molecule has 0 aliphatic carbocycles. The second-order valence-corrected chi connectivity index (χ2v) is 7.47. The molecular weight excluding hydrogens is 396 g/mol. The van der Waals surface area contributed by atoms with Crippen LogP contribution >= 0.6 is 0 Å². The Morgan fingerprint density at radius 2 is 1.68 bits per heavy atom. The number of rotatable bonds is 8. The number of hydrogen-bond acceptors (Lipinski definition) is 6. The van der Waals surface area contributed by atoms with E-state index in [0.29, 0.717) is 13.1 Å². The molecule has 1 aliphatic rings. The minimum atomic E-state index is -0.391. The Morgan fingerprint density at radius 1 is 0.968 bits per heavy atom. The van der Waals surface area contributed by atoms with Crippen LogP contribution in [0, 0.1) is 0 Å². The van der Waals surface area contributed by atoms with Crippen molar-refractivity contribution in [3.05, 3.63) is 53.7 Å². The van der Waals surface area contributed by atoms with Gasteiger partial charge in [0.25, 0.3) is 0 Å². The molecule has 166 valence electrons. The number of piperazine rings is 1. The molecular formula is C22H30N6O3. The number of methoxy groups -OCH3 is 1. The number of pyridine rings is 1. The zero-order chi connectivity index (χ0) is 22.1. The number of nitrogens with zero attached hydrogens (tertiary/aromatic N) is 3. The fourth-order valence-corrected chi connectivity index (χ4v) is 3.19. The van der Waals surface area contributed by atoms with Gasteiger partial charge in [0.2, 0.25) is 5.91 Å². The predicted molar refractivity (Wildman–Crippen MR) is 119 cm³/mol. The SMILES string of the molecule is COc1ccc(CNC(=O)CNC(=O)NCc2ccnc(N3CCN(C)CC3)c2)cc1. The molecule has 31 heavy (non-hydrogen) atoms. The summed E-state index contributed by atoms with van der Waals surface area (Å²) < 4.78 is 5.11. The number of nitrogens with one attached hydrogen (secondary N) is 3. The molecule has 1 fully saturated rings. The fourth-order valence-electron chi connectivity index (χ4n) is 3.19. The minimum absolute atomic E-state index is 0.0924. The number of urea groups is 1. The number of ether oxygens (including phenoxy) is 1. The van der Waals surface area contributed by atoms with Gasteiger partial charge in [-0.05, 0) is 42.4 Å². The lowest BCUT2D eigenvalue weighted by Gasteiger charge is -2.33. The van der Waals surface area contributed by atoms with Crippen molar-refractivity contribution in [1.29, 1.82) is 0 Å². The number of benzene rings is 1. The largest absolute Gasteiger partial charge is 0.497 e. The quantitative estimate of drug-likeness (QED) is 0.582. The average Bonchev–Trinajstić information content (AvgIpc) is 2.81. The lowest BCUT2D eigenvalue weighted by atomic mass is 10.2. The van der Waals surface area contributed by atoms with Gasteiger partial charge in [-0.2, -0.15) is 0 Å². The van der Waals surface area contributed by atoms with Gasteiger partial charge in [0.05, 0.1) is 13.7 Å². The van der Waals surface area contributed by atoms with Crippen molar-refractivity contribution in [2.45, 2.75) is 13.1 Å². The normalized spacial score (nSPS) is 14.1. The molecule has 0 atom stereocenters. The number of carbonyl (C=O) groups is 2. The summed E-state index contributed by atoms with van der Waals surface area (Å²) in [7, 11) is 3.72.